The third-order valence-corrected chi connectivity index (χ3v) is 3.66. The van der Waals surface area contributed by atoms with Crippen molar-refractivity contribution in [2.75, 3.05) is 0 Å². The van der Waals surface area contributed by atoms with Gasteiger partial charge in [0.2, 0.25) is 5.91 Å². The van der Waals surface area contributed by atoms with Gasteiger partial charge in [-0.2, -0.15) is 0 Å². The van der Waals surface area contributed by atoms with E-state index in [1.165, 1.54) is 6.92 Å². The molecule has 0 radical (unpaired) electrons. The monoisotopic (exact) mass is 341 g/mol. The number of amides is 1. The van der Waals surface area contributed by atoms with Gasteiger partial charge in [-0.1, -0.05) is 60.7 Å². The molecule has 2 rings (SSSR count). The molecule has 0 aliphatic carbocycles. The normalized spacial score (nSPS) is 12.9. The van der Waals surface area contributed by atoms with Crippen molar-refractivity contribution >= 4 is 11.9 Å². The van der Waals surface area contributed by atoms with Crippen molar-refractivity contribution in [2.24, 2.45) is 0 Å². The molecule has 0 fully saturated rings. The first kappa shape index (κ1) is 18.7. The number of hydrogen-bond acceptors (Lipinski definition) is 4. The van der Waals surface area contributed by atoms with Gasteiger partial charge in [0.25, 0.3) is 0 Å². The number of carbonyl (C=O) groups excluding carboxylic acids is 2. The Morgan fingerprint density at radius 2 is 1.44 bits per heavy atom. The van der Waals surface area contributed by atoms with Crippen LogP contribution < -0.4 is 5.32 Å². The molecule has 0 bridgehead atoms. The van der Waals surface area contributed by atoms with Crippen molar-refractivity contribution in [1.29, 1.82) is 0 Å². The number of nitrogens with one attached hydrogen (secondary N) is 1. The summed E-state index contributed by atoms with van der Waals surface area (Å²) in [6.07, 6.45) is -0.521. The summed E-state index contributed by atoms with van der Waals surface area (Å²) in [7, 11) is 0. The second-order valence-corrected chi connectivity index (χ2v) is 5.77. The Balaban J connectivity index is 1.93. The van der Waals surface area contributed by atoms with Crippen molar-refractivity contribution in [1.82, 2.24) is 5.32 Å². The number of benzene rings is 2. The van der Waals surface area contributed by atoms with E-state index >= 15 is 0 Å². The van der Waals surface area contributed by atoms with Crippen LogP contribution in [0, 0.1) is 0 Å². The van der Waals surface area contributed by atoms with Gasteiger partial charge < -0.3 is 14.8 Å². The van der Waals surface area contributed by atoms with Crippen molar-refractivity contribution in [3.8, 4) is 0 Å². The molecule has 2 aromatic rings. The minimum Gasteiger partial charge on any atom is -0.459 e. The van der Waals surface area contributed by atoms with Crippen LogP contribution in [-0.2, 0) is 32.3 Å². The molecule has 1 N–H and O–H groups in total. The second kappa shape index (κ2) is 9.59. The van der Waals surface area contributed by atoms with Crippen molar-refractivity contribution in [3.05, 3.63) is 71.8 Å². The van der Waals surface area contributed by atoms with Gasteiger partial charge in [0.15, 0.2) is 6.04 Å². The lowest BCUT2D eigenvalue weighted by Crippen LogP contribution is -2.48. The van der Waals surface area contributed by atoms with Crippen LogP contribution in [0.2, 0.25) is 0 Å². The Hall–Kier alpha value is -2.66. The molecule has 0 aliphatic heterocycles. The van der Waals surface area contributed by atoms with E-state index in [1.807, 2.05) is 60.7 Å². The van der Waals surface area contributed by atoms with E-state index in [4.69, 9.17) is 9.47 Å². The zero-order valence-corrected chi connectivity index (χ0v) is 14.5. The summed E-state index contributed by atoms with van der Waals surface area (Å²) < 4.78 is 11.1. The molecule has 132 valence electrons. The molecule has 2 atom stereocenters. The Labute approximate surface area is 148 Å². The topological polar surface area (TPSA) is 64.6 Å². The van der Waals surface area contributed by atoms with Crippen LogP contribution in [0.1, 0.15) is 25.0 Å². The zero-order valence-electron chi connectivity index (χ0n) is 14.5. The highest BCUT2D eigenvalue weighted by molar-refractivity contribution is 5.83. The molecular weight excluding hydrogens is 318 g/mol. The van der Waals surface area contributed by atoms with E-state index in [0.29, 0.717) is 6.61 Å². The number of esters is 1. The summed E-state index contributed by atoms with van der Waals surface area (Å²) in [6, 6.07) is 18.2. The quantitative estimate of drug-likeness (QED) is 0.750. The molecule has 0 saturated carbocycles. The minimum atomic E-state index is -0.857. The van der Waals surface area contributed by atoms with Crippen molar-refractivity contribution < 1.29 is 19.1 Å². The summed E-state index contributed by atoms with van der Waals surface area (Å²) in [5, 5.41) is 2.61. The van der Waals surface area contributed by atoms with E-state index in [2.05, 4.69) is 5.32 Å². The van der Waals surface area contributed by atoms with Crippen molar-refractivity contribution in [3.63, 3.8) is 0 Å². The summed E-state index contributed by atoms with van der Waals surface area (Å²) in [6.45, 7) is 3.61. The van der Waals surface area contributed by atoms with Gasteiger partial charge in [0.05, 0.1) is 12.7 Å². The molecule has 0 heterocycles. The Bertz CT molecular complexity index is 673. The molecule has 0 unspecified atom stereocenters. The average Bonchev–Trinajstić information content (AvgIpc) is 2.64. The Morgan fingerprint density at radius 1 is 0.920 bits per heavy atom. The van der Waals surface area contributed by atoms with E-state index < -0.39 is 18.1 Å². The maximum atomic E-state index is 12.4. The highest BCUT2D eigenvalue weighted by Gasteiger charge is 2.28. The number of hydrogen-bond donors (Lipinski definition) is 1. The van der Waals surface area contributed by atoms with Crippen LogP contribution in [0.25, 0.3) is 0 Å². The van der Waals surface area contributed by atoms with Crippen molar-refractivity contribution in [2.45, 2.75) is 39.2 Å². The van der Waals surface area contributed by atoms with E-state index in [1.54, 1.807) is 6.92 Å². The fourth-order valence-electron chi connectivity index (χ4n) is 2.30. The predicted octanol–water partition coefficient (Wildman–Crippen LogP) is 2.84. The van der Waals surface area contributed by atoms with Crippen LogP contribution in [-0.4, -0.2) is 24.0 Å². The standard InChI is InChI=1S/C20H23NO4/c1-15(24-13-17-9-5-3-6-10-17)19(21-16(2)22)20(23)25-14-18-11-7-4-8-12-18/h3-12,15,19H,13-14H2,1-2H3,(H,21,22)/t15-,19+/m0/s1. The van der Waals surface area contributed by atoms with Crippen LogP contribution in [0.3, 0.4) is 0 Å². The SMILES string of the molecule is CC(=O)N[C@@H](C(=O)OCc1ccccc1)[C@H](C)OCc1ccccc1. The second-order valence-electron chi connectivity index (χ2n) is 5.77. The molecule has 25 heavy (non-hydrogen) atoms. The van der Waals surface area contributed by atoms with Gasteiger partial charge in [0.1, 0.15) is 6.61 Å². The molecule has 5 heteroatoms. The third-order valence-electron chi connectivity index (χ3n) is 3.66. The minimum absolute atomic E-state index is 0.154. The van der Waals surface area contributed by atoms with Gasteiger partial charge >= 0.3 is 5.97 Å². The Kier molecular flexibility index (Phi) is 7.16. The van der Waals surface area contributed by atoms with Crippen LogP contribution in [0.4, 0.5) is 0 Å². The van der Waals surface area contributed by atoms with Gasteiger partial charge in [0, 0.05) is 6.92 Å². The highest BCUT2D eigenvalue weighted by atomic mass is 16.5. The third kappa shape index (κ3) is 6.39. The largest absolute Gasteiger partial charge is 0.459 e. The number of carbonyl (C=O) groups is 2. The smallest absolute Gasteiger partial charge is 0.331 e. The zero-order chi connectivity index (χ0) is 18.1. The molecule has 5 nitrogen and oxygen atoms in total. The molecular formula is C20H23NO4. The van der Waals surface area contributed by atoms with E-state index in [9.17, 15) is 9.59 Å². The molecule has 0 aromatic heterocycles. The summed E-state index contributed by atoms with van der Waals surface area (Å²) in [5.74, 6) is -0.823. The number of rotatable bonds is 8. The lowest BCUT2D eigenvalue weighted by Gasteiger charge is -2.23. The number of ether oxygens (including phenoxy) is 2. The molecule has 0 saturated heterocycles. The van der Waals surface area contributed by atoms with Gasteiger partial charge in [-0.3, -0.25) is 4.79 Å². The predicted molar refractivity (Wildman–Crippen MR) is 94.5 cm³/mol. The lowest BCUT2D eigenvalue weighted by molar-refractivity contribution is -0.153. The fraction of sp³-hybridized carbons (Fsp3) is 0.300. The van der Waals surface area contributed by atoms with E-state index in [0.717, 1.165) is 11.1 Å². The molecule has 1 amide bonds. The molecule has 2 aromatic carbocycles. The summed E-state index contributed by atoms with van der Waals surface area (Å²) in [4.78, 5) is 23.8. The maximum absolute atomic E-state index is 12.4. The fourth-order valence-corrected chi connectivity index (χ4v) is 2.30. The van der Waals surface area contributed by atoms with Crippen LogP contribution in [0.15, 0.2) is 60.7 Å². The lowest BCUT2D eigenvalue weighted by atomic mass is 10.1. The van der Waals surface area contributed by atoms with Gasteiger partial charge in [-0.15, -0.1) is 0 Å². The van der Waals surface area contributed by atoms with Crippen LogP contribution >= 0.6 is 0 Å². The Morgan fingerprint density at radius 3 is 1.96 bits per heavy atom. The molecule has 0 aliphatic rings. The van der Waals surface area contributed by atoms with Gasteiger partial charge in [-0.05, 0) is 18.1 Å². The first-order chi connectivity index (χ1) is 12.1. The first-order valence-electron chi connectivity index (χ1n) is 8.19. The van der Waals surface area contributed by atoms with Crippen LogP contribution in [0.5, 0.6) is 0 Å². The van der Waals surface area contributed by atoms with E-state index in [-0.39, 0.29) is 12.5 Å². The highest BCUT2D eigenvalue weighted by Crippen LogP contribution is 2.09. The molecule has 0 spiro atoms. The average molecular weight is 341 g/mol. The maximum Gasteiger partial charge on any atom is 0.331 e. The first-order valence-corrected chi connectivity index (χ1v) is 8.19. The van der Waals surface area contributed by atoms with Gasteiger partial charge in [-0.25, -0.2) is 4.79 Å². The summed E-state index contributed by atoms with van der Waals surface area (Å²) >= 11 is 0. The summed E-state index contributed by atoms with van der Waals surface area (Å²) in [5.41, 5.74) is 1.88.